The van der Waals surface area contributed by atoms with E-state index >= 15 is 0 Å². The molecule has 0 aromatic heterocycles. The summed E-state index contributed by atoms with van der Waals surface area (Å²) in [5.74, 6) is -0.315. The minimum atomic E-state index is -4.14. The predicted octanol–water partition coefficient (Wildman–Crippen LogP) is 8.25. The fraction of sp³-hybridized carbons (Fsp3) is 0.114. The summed E-state index contributed by atoms with van der Waals surface area (Å²) in [6.07, 6.45) is 0.698. The lowest BCUT2D eigenvalue weighted by Crippen LogP contribution is -2.36. The maximum atomic E-state index is 14.2. The van der Waals surface area contributed by atoms with E-state index in [1.54, 1.807) is 29.2 Å². The van der Waals surface area contributed by atoms with Gasteiger partial charge in [0.15, 0.2) is 0 Å². The standard InChI is InChI=1S/C35H28Cl2N2O3S/c36-32-18-17-30(43(41,42)39(23-25-9-3-1-4-10-25)34-14-8-7-13-33(34)37)22-31(32)35(40)38-20-19-27-15-16-28(21-29(27)24-38)26-11-5-2-6-12-26/h1-18,21-22H,19-20,23-24H2. The van der Waals surface area contributed by atoms with Crippen LogP contribution in [0.1, 0.15) is 27.0 Å². The number of carbonyl (C=O) groups is 1. The third kappa shape index (κ3) is 6.04. The molecule has 0 aliphatic carbocycles. The van der Waals surface area contributed by atoms with Gasteiger partial charge in [0.1, 0.15) is 0 Å². The van der Waals surface area contributed by atoms with Crippen molar-refractivity contribution < 1.29 is 13.2 Å². The van der Waals surface area contributed by atoms with E-state index in [-0.39, 0.29) is 27.9 Å². The summed E-state index contributed by atoms with van der Waals surface area (Å²) in [5, 5.41) is 0.495. The molecule has 1 aliphatic rings. The smallest absolute Gasteiger partial charge is 0.264 e. The van der Waals surface area contributed by atoms with E-state index in [1.807, 2.05) is 48.5 Å². The number of anilines is 1. The Balaban J connectivity index is 1.32. The van der Waals surface area contributed by atoms with Crippen LogP contribution in [0.15, 0.2) is 126 Å². The number of halogens is 2. The van der Waals surface area contributed by atoms with E-state index in [1.165, 1.54) is 28.1 Å². The summed E-state index contributed by atoms with van der Waals surface area (Å²) in [6, 6.07) is 36.8. The number of nitrogens with zero attached hydrogens (tertiary/aromatic N) is 2. The van der Waals surface area contributed by atoms with Crippen LogP contribution in [0, 0.1) is 0 Å². The fourth-order valence-corrected chi connectivity index (χ4v) is 7.35. The lowest BCUT2D eigenvalue weighted by atomic mass is 9.94. The number of carbonyl (C=O) groups excluding carboxylic acids is 1. The Morgan fingerprint density at radius 3 is 2.16 bits per heavy atom. The SMILES string of the molecule is O=C(c1cc(S(=O)(=O)N(Cc2ccccc2)c2ccccc2Cl)ccc1Cl)N1CCc2ccc(-c3ccccc3)cc2C1. The number of hydrogen-bond donors (Lipinski definition) is 0. The highest BCUT2D eigenvalue weighted by Crippen LogP contribution is 2.34. The van der Waals surface area contributed by atoms with Crippen molar-refractivity contribution in [1.82, 2.24) is 4.90 Å². The summed E-state index contributed by atoms with van der Waals surface area (Å²) in [5.41, 5.74) is 5.72. The normalized spacial score (nSPS) is 12.9. The first-order valence-electron chi connectivity index (χ1n) is 13.9. The van der Waals surface area contributed by atoms with Gasteiger partial charge < -0.3 is 4.90 Å². The lowest BCUT2D eigenvalue weighted by Gasteiger charge is -2.30. The summed E-state index contributed by atoms with van der Waals surface area (Å²) in [6.45, 7) is 0.969. The molecule has 0 fully saturated rings. The van der Waals surface area contributed by atoms with Crippen LogP contribution in [0.25, 0.3) is 11.1 Å². The van der Waals surface area contributed by atoms with E-state index in [0.29, 0.717) is 30.2 Å². The maximum absolute atomic E-state index is 14.2. The molecule has 216 valence electrons. The van der Waals surface area contributed by atoms with E-state index in [2.05, 4.69) is 30.3 Å². The molecule has 43 heavy (non-hydrogen) atoms. The highest BCUT2D eigenvalue weighted by Gasteiger charge is 2.30. The Hall–Kier alpha value is -4.10. The quantitative estimate of drug-likeness (QED) is 0.183. The van der Waals surface area contributed by atoms with Gasteiger partial charge >= 0.3 is 0 Å². The number of benzene rings is 5. The van der Waals surface area contributed by atoms with Crippen molar-refractivity contribution in [2.45, 2.75) is 24.4 Å². The van der Waals surface area contributed by atoms with Crippen LogP contribution in [-0.4, -0.2) is 25.8 Å². The summed E-state index contributed by atoms with van der Waals surface area (Å²) in [7, 11) is -4.14. The second kappa shape index (κ2) is 12.3. The molecule has 0 radical (unpaired) electrons. The average molecular weight is 628 g/mol. The Kier molecular flexibility index (Phi) is 8.26. The average Bonchev–Trinajstić information content (AvgIpc) is 3.04. The molecule has 8 heteroatoms. The molecule has 1 heterocycles. The van der Waals surface area contributed by atoms with E-state index in [9.17, 15) is 13.2 Å². The van der Waals surface area contributed by atoms with E-state index in [4.69, 9.17) is 23.2 Å². The first kappa shape index (κ1) is 29.0. The Bertz CT molecular complexity index is 1900. The molecule has 5 nitrogen and oxygen atoms in total. The van der Waals surface area contributed by atoms with Crippen molar-refractivity contribution in [1.29, 1.82) is 0 Å². The van der Waals surface area contributed by atoms with Gasteiger partial charge in [-0.1, -0.05) is 108 Å². The van der Waals surface area contributed by atoms with Crippen molar-refractivity contribution in [3.8, 4) is 11.1 Å². The zero-order valence-electron chi connectivity index (χ0n) is 23.2. The number of hydrogen-bond acceptors (Lipinski definition) is 3. The Morgan fingerprint density at radius 1 is 0.721 bits per heavy atom. The van der Waals surface area contributed by atoms with Crippen LogP contribution >= 0.6 is 23.2 Å². The number of rotatable bonds is 7. The van der Waals surface area contributed by atoms with Crippen LogP contribution in [0.3, 0.4) is 0 Å². The van der Waals surface area contributed by atoms with Crippen molar-refractivity contribution in [2.24, 2.45) is 0 Å². The van der Waals surface area contributed by atoms with Crippen molar-refractivity contribution >= 4 is 44.8 Å². The monoisotopic (exact) mass is 626 g/mol. The zero-order chi connectivity index (χ0) is 30.0. The van der Waals surface area contributed by atoms with Gasteiger partial charge in [0, 0.05) is 13.1 Å². The maximum Gasteiger partial charge on any atom is 0.264 e. The first-order chi connectivity index (χ1) is 20.8. The topological polar surface area (TPSA) is 57.7 Å². The highest BCUT2D eigenvalue weighted by molar-refractivity contribution is 7.92. The number of para-hydroxylation sites is 1. The van der Waals surface area contributed by atoms with Gasteiger partial charge in [0.05, 0.1) is 32.7 Å². The van der Waals surface area contributed by atoms with Crippen molar-refractivity contribution in [3.05, 3.63) is 154 Å². The van der Waals surface area contributed by atoms with Gasteiger partial charge in [-0.05, 0) is 70.6 Å². The lowest BCUT2D eigenvalue weighted by molar-refractivity contribution is 0.0734. The second-order valence-electron chi connectivity index (χ2n) is 10.4. The van der Waals surface area contributed by atoms with Crippen molar-refractivity contribution in [2.75, 3.05) is 10.8 Å². The molecule has 0 saturated carbocycles. The van der Waals surface area contributed by atoms with Crippen LogP contribution < -0.4 is 4.31 Å². The van der Waals surface area contributed by atoms with Crippen LogP contribution in [0.4, 0.5) is 5.69 Å². The fourth-order valence-electron chi connectivity index (χ4n) is 5.37. The Labute approximate surface area is 262 Å². The predicted molar refractivity (Wildman–Crippen MR) is 173 cm³/mol. The molecule has 0 bridgehead atoms. The van der Waals surface area contributed by atoms with Gasteiger partial charge in [0.2, 0.25) is 0 Å². The number of fused-ring (bicyclic) bond motifs is 1. The summed E-state index contributed by atoms with van der Waals surface area (Å²) < 4.78 is 29.6. The minimum Gasteiger partial charge on any atom is -0.334 e. The third-order valence-corrected chi connectivity index (χ3v) is 10.1. The molecule has 0 N–H and O–H groups in total. The van der Waals surface area contributed by atoms with Gasteiger partial charge in [-0.25, -0.2) is 8.42 Å². The molecule has 0 unspecified atom stereocenters. The van der Waals surface area contributed by atoms with Gasteiger partial charge in [-0.3, -0.25) is 9.10 Å². The second-order valence-corrected chi connectivity index (χ2v) is 13.1. The molecule has 6 rings (SSSR count). The van der Waals surface area contributed by atoms with Crippen LogP contribution in [-0.2, 0) is 29.5 Å². The molecule has 1 aliphatic heterocycles. The van der Waals surface area contributed by atoms with E-state index < -0.39 is 10.0 Å². The molecule has 0 atom stereocenters. The molecular weight excluding hydrogens is 599 g/mol. The molecule has 0 saturated heterocycles. The highest BCUT2D eigenvalue weighted by atomic mass is 35.5. The van der Waals surface area contributed by atoms with Gasteiger partial charge in [0.25, 0.3) is 15.9 Å². The minimum absolute atomic E-state index is 0.0418. The number of sulfonamides is 1. The first-order valence-corrected chi connectivity index (χ1v) is 16.1. The largest absolute Gasteiger partial charge is 0.334 e. The van der Waals surface area contributed by atoms with Gasteiger partial charge in [-0.2, -0.15) is 0 Å². The summed E-state index contributed by atoms with van der Waals surface area (Å²) in [4.78, 5) is 15.5. The third-order valence-electron chi connectivity index (χ3n) is 7.66. The molecular formula is C35H28Cl2N2O3S. The van der Waals surface area contributed by atoms with Crippen LogP contribution in [0.2, 0.25) is 10.0 Å². The zero-order valence-corrected chi connectivity index (χ0v) is 25.5. The summed E-state index contributed by atoms with van der Waals surface area (Å²) >= 11 is 13.0. The molecule has 1 amide bonds. The molecule has 0 spiro atoms. The van der Waals surface area contributed by atoms with E-state index in [0.717, 1.165) is 22.3 Å². The van der Waals surface area contributed by atoms with Gasteiger partial charge in [-0.15, -0.1) is 0 Å². The molecule has 5 aromatic rings. The number of amides is 1. The van der Waals surface area contributed by atoms with Crippen LogP contribution in [0.5, 0.6) is 0 Å². The van der Waals surface area contributed by atoms with Crippen molar-refractivity contribution in [3.63, 3.8) is 0 Å². The molecule has 5 aromatic carbocycles. The Morgan fingerprint density at radius 2 is 1.42 bits per heavy atom.